The number of imidazole rings is 1. The van der Waals surface area contributed by atoms with Gasteiger partial charge in [0.05, 0.1) is 35.8 Å². The molecular weight excluding hydrogens is 406 g/mol. The van der Waals surface area contributed by atoms with E-state index >= 15 is 0 Å². The van der Waals surface area contributed by atoms with E-state index in [9.17, 15) is 9.59 Å². The molecule has 1 atom stereocenters. The number of nitrogens with one attached hydrogen (secondary N) is 3. The minimum absolute atomic E-state index is 0.0162. The summed E-state index contributed by atoms with van der Waals surface area (Å²) in [5.74, 6) is 1.01. The molecule has 2 aliphatic heterocycles. The van der Waals surface area contributed by atoms with Crippen LogP contribution in [0.1, 0.15) is 55.4 Å². The molecule has 3 heterocycles. The van der Waals surface area contributed by atoms with Crippen LogP contribution in [0.2, 0.25) is 0 Å². The highest BCUT2D eigenvalue weighted by atomic mass is 16.5. The van der Waals surface area contributed by atoms with Crippen LogP contribution in [-0.4, -0.2) is 59.0 Å². The van der Waals surface area contributed by atoms with E-state index in [1.54, 1.807) is 6.33 Å². The van der Waals surface area contributed by atoms with Gasteiger partial charge in [-0.1, -0.05) is 26.0 Å². The van der Waals surface area contributed by atoms with Crippen LogP contribution in [0.5, 0.6) is 5.75 Å². The number of benzene rings is 1. The van der Waals surface area contributed by atoms with E-state index in [4.69, 9.17) is 4.74 Å². The summed E-state index contributed by atoms with van der Waals surface area (Å²) in [6, 6.07) is 7.07. The lowest BCUT2D eigenvalue weighted by Crippen LogP contribution is -2.62. The molecule has 2 amide bonds. The van der Waals surface area contributed by atoms with Gasteiger partial charge in [-0.2, -0.15) is 0 Å². The van der Waals surface area contributed by atoms with Crippen LogP contribution in [0.3, 0.4) is 0 Å². The number of aromatic nitrogens is 2. The normalized spacial score (nSPS) is 19.6. The standard InChI is InChI=1S/C24H33N5O3/c1-4-32-20-8-6-5-7-17(20)23(31)29-11-9-24(10-12-29)21-18(26-15-27-21)13-19(28-24)22(30)25-14-16(2)3/h5-8,15-16,19,28H,4,9-14H2,1-3H3,(H,25,30)(H,26,27)/t19-/m0/s1. The Labute approximate surface area is 189 Å². The quantitative estimate of drug-likeness (QED) is 0.641. The van der Waals surface area contributed by atoms with E-state index < -0.39 is 5.54 Å². The molecule has 1 aromatic heterocycles. The van der Waals surface area contributed by atoms with Crippen molar-refractivity contribution in [3.63, 3.8) is 0 Å². The van der Waals surface area contributed by atoms with Gasteiger partial charge >= 0.3 is 0 Å². The highest BCUT2D eigenvalue weighted by molar-refractivity contribution is 5.97. The zero-order valence-electron chi connectivity index (χ0n) is 19.1. The fourth-order valence-electron chi connectivity index (χ4n) is 4.70. The number of hydrogen-bond donors (Lipinski definition) is 3. The third-order valence-corrected chi connectivity index (χ3v) is 6.35. The lowest BCUT2D eigenvalue weighted by atomic mass is 9.78. The molecule has 0 unspecified atom stereocenters. The van der Waals surface area contributed by atoms with Crippen molar-refractivity contribution >= 4 is 11.8 Å². The van der Waals surface area contributed by atoms with Gasteiger partial charge < -0.3 is 19.9 Å². The predicted octanol–water partition coefficient (Wildman–Crippen LogP) is 2.23. The number of amides is 2. The highest BCUT2D eigenvalue weighted by Gasteiger charge is 2.46. The Balaban J connectivity index is 1.49. The van der Waals surface area contributed by atoms with E-state index in [1.807, 2.05) is 36.1 Å². The molecular formula is C24H33N5O3. The number of piperidine rings is 1. The van der Waals surface area contributed by atoms with Crippen molar-refractivity contribution in [2.45, 2.75) is 51.6 Å². The topological polar surface area (TPSA) is 99.4 Å². The van der Waals surface area contributed by atoms with Crippen LogP contribution < -0.4 is 15.4 Å². The van der Waals surface area contributed by atoms with E-state index in [2.05, 4.69) is 34.4 Å². The van der Waals surface area contributed by atoms with E-state index in [-0.39, 0.29) is 17.9 Å². The van der Waals surface area contributed by atoms with Crippen molar-refractivity contribution in [2.24, 2.45) is 5.92 Å². The number of carbonyl (C=O) groups is 2. The summed E-state index contributed by atoms with van der Waals surface area (Å²) in [6.07, 6.45) is 3.69. The summed E-state index contributed by atoms with van der Waals surface area (Å²) in [7, 11) is 0. The van der Waals surface area contributed by atoms with Gasteiger partial charge in [0, 0.05) is 31.7 Å². The molecule has 1 spiro atoms. The molecule has 172 valence electrons. The zero-order valence-corrected chi connectivity index (χ0v) is 19.1. The van der Waals surface area contributed by atoms with Gasteiger partial charge in [0.25, 0.3) is 5.91 Å². The first-order chi connectivity index (χ1) is 15.4. The fourth-order valence-corrected chi connectivity index (χ4v) is 4.70. The van der Waals surface area contributed by atoms with Crippen LogP contribution in [0.25, 0.3) is 0 Å². The number of H-pyrrole nitrogens is 1. The molecule has 0 bridgehead atoms. The van der Waals surface area contributed by atoms with Gasteiger partial charge in [-0.25, -0.2) is 4.98 Å². The number of fused-ring (bicyclic) bond motifs is 2. The maximum atomic E-state index is 13.2. The molecule has 32 heavy (non-hydrogen) atoms. The maximum Gasteiger partial charge on any atom is 0.257 e. The Morgan fingerprint density at radius 2 is 2.03 bits per heavy atom. The van der Waals surface area contributed by atoms with Crippen LogP contribution in [0.4, 0.5) is 0 Å². The smallest absolute Gasteiger partial charge is 0.257 e. The molecule has 1 saturated heterocycles. The van der Waals surface area contributed by atoms with Crippen molar-refractivity contribution in [1.82, 2.24) is 25.5 Å². The highest BCUT2D eigenvalue weighted by Crippen LogP contribution is 2.38. The molecule has 4 rings (SSSR count). The number of hydrogen-bond acceptors (Lipinski definition) is 5. The molecule has 0 aliphatic carbocycles. The molecule has 8 nitrogen and oxygen atoms in total. The lowest BCUT2D eigenvalue weighted by Gasteiger charge is -2.46. The number of ether oxygens (including phenoxy) is 1. The second kappa shape index (κ2) is 9.32. The number of para-hydroxylation sites is 1. The van der Waals surface area contributed by atoms with Crippen LogP contribution in [-0.2, 0) is 16.8 Å². The molecule has 8 heteroatoms. The number of likely N-dealkylation sites (tertiary alicyclic amines) is 1. The molecule has 1 aromatic carbocycles. The molecule has 2 aliphatic rings. The summed E-state index contributed by atoms with van der Waals surface area (Å²) in [5.41, 5.74) is 2.17. The van der Waals surface area contributed by atoms with E-state index in [0.717, 1.165) is 11.4 Å². The first-order valence-corrected chi connectivity index (χ1v) is 11.5. The predicted molar refractivity (Wildman–Crippen MR) is 121 cm³/mol. The zero-order chi connectivity index (χ0) is 22.7. The summed E-state index contributed by atoms with van der Waals surface area (Å²) < 4.78 is 5.66. The van der Waals surface area contributed by atoms with Crippen molar-refractivity contribution in [3.8, 4) is 5.75 Å². The largest absolute Gasteiger partial charge is 0.493 e. The maximum absolute atomic E-state index is 13.2. The second-order valence-corrected chi connectivity index (χ2v) is 9.07. The average molecular weight is 440 g/mol. The van der Waals surface area contributed by atoms with Crippen LogP contribution in [0.15, 0.2) is 30.6 Å². The lowest BCUT2D eigenvalue weighted by molar-refractivity contribution is -0.124. The van der Waals surface area contributed by atoms with Gasteiger partial charge in [0.2, 0.25) is 5.91 Å². The Kier molecular flexibility index (Phi) is 6.50. The van der Waals surface area contributed by atoms with Gasteiger partial charge in [0.1, 0.15) is 5.75 Å². The third-order valence-electron chi connectivity index (χ3n) is 6.35. The first kappa shape index (κ1) is 22.3. The van der Waals surface area contributed by atoms with Crippen LogP contribution in [0, 0.1) is 5.92 Å². The minimum Gasteiger partial charge on any atom is -0.493 e. The molecule has 1 fully saturated rings. The molecule has 0 radical (unpaired) electrons. The Morgan fingerprint density at radius 3 is 2.75 bits per heavy atom. The number of carbonyl (C=O) groups excluding carboxylic acids is 2. The average Bonchev–Trinajstić information content (AvgIpc) is 3.28. The van der Waals surface area contributed by atoms with Gasteiger partial charge in [-0.05, 0) is 37.8 Å². The van der Waals surface area contributed by atoms with Crippen molar-refractivity contribution in [2.75, 3.05) is 26.2 Å². The molecule has 3 N–H and O–H groups in total. The van der Waals surface area contributed by atoms with Crippen molar-refractivity contribution < 1.29 is 14.3 Å². The fraction of sp³-hybridized carbons (Fsp3) is 0.542. The molecule has 0 saturated carbocycles. The number of aromatic amines is 1. The minimum atomic E-state index is -0.413. The Morgan fingerprint density at radius 1 is 1.28 bits per heavy atom. The number of rotatable bonds is 6. The van der Waals surface area contributed by atoms with Gasteiger partial charge in [-0.3, -0.25) is 14.9 Å². The van der Waals surface area contributed by atoms with Gasteiger partial charge in [0.15, 0.2) is 0 Å². The first-order valence-electron chi connectivity index (χ1n) is 11.5. The third kappa shape index (κ3) is 4.37. The second-order valence-electron chi connectivity index (χ2n) is 9.07. The van der Waals surface area contributed by atoms with E-state index in [1.165, 1.54) is 0 Å². The summed E-state index contributed by atoms with van der Waals surface area (Å²) in [4.78, 5) is 35.8. The van der Waals surface area contributed by atoms with E-state index in [0.29, 0.717) is 62.7 Å². The van der Waals surface area contributed by atoms with Gasteiger partial charge in [-0.15, -0.1) is 0 Å². The van der Waals surface area contributed by atoms with Crippen LogP contribution >= 0.6 is 0 Å². The number of nitrogens with zero attached hydrogens (tertiary/aromatic N) is 2. The van der Waals surface area contributed by atoms with Crippen molar-refractivity contribution in [3.05, 3.63) is 47.5 Å². The SMILES string of the molecule is CCOc1ccccc1C(=O)N1CCC2(CC1)N[C@H](C(=O)NCC(C)C)Cc1[nH]cnc12. The summed E-state index contributed by atoms with van der Waals surface area (Å²) in [5, 5.41) is 6.66. The van der Waals surface area contributed by atoms with Crippen molar-refractivity contribution in [1.29, 1.82) is 0 Å². The summed E-state index contributed by atoms with van der Waals surface area (Å²) >= 11 is 0. The Hall–Kier alpha value is -2.87. The Bertz CT molecular complexity index is 962. The molecule has 2 aromatic rings. The summed E-state index contributed by atoms with van der Waals surface area (Å²) in [6.45, 7) is 8.41. The monoisotopic (exact) mass is 439 g/mol.